The molecule has 2 aromatic carbocycles. The summed E-state index contributed by atoms with van der Waals surface area (Å²) in [6, 6.07) is 10.9. The molecule has 8 heteroatoms. The Morgan fingerprint density at radius 1 is 1.03 bits per heavy atom. The molecular formula is C29H32Cl2FN3O2. The minimum Gasteiger partial charge on any atom is -0.299 e. The average molecular weight is 544 g/mol. The molecule has 5 nitrogen and oxygen atoms in total. The number of nitrogens with zero attached hydrogens (tertiary/aromatic N) is 2. The van der Waals surface area contributed by atoms with Gasteiger partial charge in [0.2, 0.25) is 0 Å². The van der Waals surface area contributed by atoms with Crippen LogP contribution in [-0.2, 0) is 11.2 Å². The molecule has 196 valence electrons. The second-order valence-corrected chi connectivity index (χ2v) is 11.1. The number of carbonyl (C=O) groups excluding carboxylic acids is 1. The number of hydrogen-bond acceptors (Lipinski definition) is 4. The molecule has 0 aliphatic heterocycles. The summed E-state index contributed by atoms with van der Waals surface area (Å²) in [7, 11) is 0. The van der Waals surface area contributed by atoms with E-state index in [1.165, 1.54) is 0 Å². The van der Waals surface area contributed by atoms with Gasteiger partial charge >= 0.3 is 5.69 Å². The molecule has 0 atom stereocenters. The fourth-order valence-electron chi connectivity index (χ4n) is 5.09. The first-order valence-corrected chi connectivity index (χ1v) is 13.6. The van der Waals surface area contributed by atoms with E-state index in [9.17, 15) is 14.0 Å². The van der Waals surface area contributed by atoms with Crippen molar-refractivity contribution in [2.45, 2.75) is 71.1 Å². The van der Waals surface area contributed by atoms with Crippen molar-refractivity contribution in [2.24, 2.45) is 5.41 Å². The van der Waals surface area contributed by atoms with Crippen LogP contribution in [0, 0.1) is 5.41 Å². The van der Waals surface area contributed by atoms with Crippen molar-refractivity contribution in [1.29, 1.82) is 0 Å². The zero-order chi connectivity index (χ0) is 26.6. The molecule has 0 unspecified atom stereocenters. The summed E-state index contributed by atoms with van der Waals surface area (Å²) >= 11 is 12.8. The minimum atomic E-state index is -0.841. The van der Waals surface area contributed by atoms with Gasteiger partial charge in [0.05, 0.1) is 10.4 Å². The van der Waals surface area contributed by atoms with Gasteiger partial charge in [0, 0.05) is 22.6 Å². The minimum absolute atomic E-state index is 0.00479. The van der Waals surface area contributed by atoms with Crippen LogP contribution >= 0.6 is 23.2 Å². The molecule has 1 aliphatic rings. The van der Waals surface area contributed by atoms with Gasteiger partial charge in [0.25, 0.3) is 0 Å². The van der Waals surface area contributed by atoms with Crippen LogP contribution in [0.1, 0.15) is 75.8 Å². The van der Waals surface area contributed by atoms with Gasteiger partial charge in [-0.3, -0.25) is 14.2 Å². The number of Topliss-reactive ketones (excluding diaryl/α,β-unsaturated/α-hetero) is 1. The second kappa shape index (κ2) is 11.9. The summed E-state index contributed by atoms with van der Waals surface area (Å²) in [5.74, 6) is 0.748. The first-order valence-electron chi connectivity index (χ1n) is 12.9. The van der Waals surface area contributed by atoms with Gasteiger partial charge in [-0.1, -0.05) is 68.8 Å². The van der Waals surface area contributed by atoms with Crippen molar-refractivity contribution in [3.63, 3.8) is 0 Å². The first kappa shape index (κ1) is 27.5. The van der Waals surface area contributed by atoms with Crippen LogP contribution in [0.3, 0.4) is 0 Å². The Kier molecular flexibility index (Phi) is 8.81. The van der Waals surface area contributed by atoms with Crippen molar-refractivity contribution in [1.82, 2.24) is 15.0 Å². The number of aromatic amines is 1. The molecule has 1 saturated carbocycles. The summed E-state index contributed by atoms with van der Waals surface area (Å²) in [5.41, 5.74) is 1.64. The molecule has 1 aromatic heterocycles. The third kappa shape index (κ3) is 6.29. The fraction of sp³-hybridized carbons (Fsp3) is 0.448. The molecule has 37 heavy (non-hydrogen) atoms. The number of aryl methyl sites for hydroxylation is 1. The third-order valence-corrected chi connectivity index (χ3v) is 8.04. The van der Waals surface area contributed by atoms with E-state index < -0.39 is 17.8 Å². The van der Waals surface area contributed by atoms with Crippen molar-refractivity contribution in [3.8, 4) is 22.8 Å². The summed E-state index contributed by atoms with van der Waals surface area (Å²) in [6.45, 7) is 3.48. The summed E-state index contributed by atoms with van der Waals surface area (Å²) in [5, 5.41) is 1.06. The smallest absolute Gasteiger partial charge is 0.299 e. The highest BCUT2D eigenvalue weighted by Crippen LogP contribution is 2.38. The predicted octanol–water partition coefficient (Wildman–Crippen LogP) is 7.74. The van der Waals surface area contributed by atoms with E-state index in [0.717, 1.165) is 36.8 Å². The van der Waals surface area contributed by atoms with Crippen LogP contribution < -0.4 is 5.69 Å². The third-order valence-electron chi connectivity index (χ3n) is 7.36. The number of ketones is 1. The topological polar surface area (TPSA) is 75.7 Å². The molecule has 3 aromatic rings. The molecule has 0 saturated heterocycles. The number of carbonyl (C=O) groups is 1. The highest BCUT2D eigenvalue weighted by Gasteiger charge is 2.37. The average Bonchev–Trinajstić information content (AvgIpc) is 3.14. The summed E-state index contributed by atoms with van der Waals surface area (Å²) < 4.78 is 14.0. The molecule has 0 spiro atoms. The maximum absolute atomic E-state index is 14.0. The Labute approximate surface area is 226 Å². The van der Waals surface area contributed by atoms with Crippen LogP contribution in [0.25, 0.3) is 22.8 Å². The number of hydrogen-bond donors (Lipinski definition) is 1. The highest BCUT2D eigenvalue weighted by atomic mass is 35.5. The number of rotatable bonds is 8. The standard InChI is InChI=1S/C29H32Cl2FN3O2/c1-18(2)21-16-20(9-11-23(21)30)26-33-27(35-28(37)34-26)22-15-19(7-10-24(22)31)8-12-25(36)29(17-32)13-5-3-4-6-14-29/h7,9-11,15-16,18H,3-6,8,12-14,17H2,1-2H3,(H,33,34,35,37). The number of nitrogens with one attached hydrogen (secondary N) is 1. The van der Waals surface area contributed by atoms with Gasteiger partial charge in [0.15, 0.2) is 5.82 Å². The zero-order valence-corrected chi connectivity index (χ0v) is 22.8. The van der Waals surface area contributed by atoms with E-state index >= 15 is 0 Å². The van der Waals surface area contributed by atoms with E-state index in [1.807, 2.05) is 32.0 Å². The van der Waals surface area contributed by atoms with Gasteiger partial charge in [-0.25, -0.2) is 9.78 Å². The first-order chi connectivity index (χ1) is 17.7. The van der Waals surface area contributed by atoms with Gasteiger partial charge in [-0.05, 0) is 66.6 Å². The monoisotopic (exact) mass is 543 g/mol. The van der Waals surface area contributed by atoms with E-state index in [2.05, 4.69) is 15.0 Å². The number of H-pyrrole nitrogens is 1. The molecule has 0 radical (unpaired) electrons. The quantitative estimate of drug-likeness (QED) is 0.294. The van der Waals surface area contributed by atoms with Crippen LogP contribution in [0.5, 0.6) is 0 Å². The highest BCUT2D eigenvalue weighted by molar-refractivity contribution is 6.33. The number of aromatic nitrogens is 3. The lowest BCUT2D eigenvalue weighted by molar-refractivity contribution is -0.130. The van der Waals surface area contributed by atoms with E-state index in [4.69, 9.17) is 23.2 Å². The van der Waals surface area contributed by atoms with Gasteiger partial charge in [-0.15, -0.1) is 0 Å². The predicted molar refractivity (Wildman–Crippen MR) is 147 cm³/mol. The van der Waals surface area contributed by atoms with E-state index in [1.54, 1.807) is 18.2 Å². The maximum Gasteiger partial charge on any atom is 0.348 e. The van der Waals surface area contributed by atoms with E-state index in [-0.39, 0.29) is 23.9 Å². The Morgan fingerprint density at radius 2 is 1.73 bits per heavy atom. The molecule has 1 heterocycles. The fourth-order valence-corrected chi connectivity index (χ4v) is 5.63. The molecule has 0 amide bonds. The lowest BCUT2D eigenvalue weighted by Gasteiger charge is -2.28. The van der Waals surface area contributed by atoms with Crippen LogP contribution in [0.2, 0.25) is 10.0 Å². The van der Waals surface area contributed by atoms with Crippen LogP contribution in [0.15, 0.2) is 41.2 Å². The Balaban J connectivity index is 1.60. The normalized spacial score (nSPS) is 15.5. The Hall–Kier alpha value is -2.57. The Bertz CT molecular complexity index is 1330. The van der Waals surface area contributed by atoms with Gasteiger partial charge < -0.3 is 0 Å². The van der Waals surface area contributed by atoms with Gasteiger partial charge in [0.1, 0.15) is 18.3 Å². The van der Waals surface area contributed by atoms with Crippen LogP contribution in [-0.4, -0.2) is 27.4 Å². The number of alkyl halides is 1. The maximum atomic E-state index is 14.0. The molecule has 0 bridgehead atoms. The van der Waals surface area contributed by atoms with E-state index in [0.29, 0.717) is 46.3 Å². The Morgan fingerprint density at radius 3 is 2.41 bits per heavy atom. The summed E-state index contributed by atoms with van der Waals surface area (Å²) in [4.78, 5) is 36.9. The van der Waals surface area contributed by atoms with Crippen molar-refractivity contribution >= 4 is 29.0 Å². The lowest BCUT2D eigenvalue weighted by atomic mass is 9.76. The summed E-state index contributed by atoms with van der Waals surface area (Å²) in [6.07, 6.45) is 5.89. The second-order valence-electron chi connectivity index (χ2n) is 10.3. The molecule has 1 aliphatic carbocycles. The van der Waals surface area contributed by atoms with Gasteiger partial charge in [-0.2, -0.15) is 4.98 Å². The van der Waals surface area contributed by atoms with Crippen molar-refractivity contribution < 1.29 is 9.18 Å². The van der Waals surface area contributed by atoms with Crippen molar-refractivity contribution in [3.05, 3.63) is 68.1 Å². The molecule has 1 N–H and O–H groups in total. The largest absolute Gasteiger partial charge is 0.348 e. The molecule has 4 rings (SSSR count). The van der Waals surface area contributed by atoms with Crippen LogP contribution in [0.4, 0.5) is 4.39 Å². The lowest BCUT2D eigenvalue weighted by Crippen LogP contribution is -2.33. The van der Waals surface area contributed by atoms with Crippen molar-refractivity contribution in [2.75, 3.05) is 6.67 Å². The SMILES string of the molecule is CC(C)c1cc(-c2nc(-c3cc(CCC(=O)C4(CF)CCCCCC4)ccc3Cl)[nH]c(=O)n2)ccc1Cl. The number of benzene rings is 2. The number of halogens is 3. The molecule has 1 fully saturated rings. The zero-order valence-electron chi connectivity index (χ0n) is 21.3. The molecular weight excluding hydrogens is 512 g/mol.